The van der Waals surface area contributed by atoms with Crippen molar-refractivity contribution in [3.8, 4) is 0 Å². The second-order valence-electron chi connectivity index (χ2n) is 9.49. The number of benzene rings is 2. The SMILES string of the molecule is CCC[CH2][Sn]([CH2]CCC)([CH2]CCC)[S]C(=NC1=C[CH-]C=C/C1=C\c1ccccc1)c1ccccc1. The quantitative estimate of drug-likeness (QED) is 0.0978. The molecule has 1 nitrogen and oxygen atoms in total. The summed E-state index contributed by atoms with van der Waals surface area (Å²) < 4.78 is 4.42. The predicted molar refractivity (Wildman–Crippen MR) is 161 cm³/mol. The molecular formula is C32H42NSSn-. The fourth-order valence-electron chi connectivity index (χ4n) is 4.51. The average Bonchev–Trinajstić information content (AvgIpc) is 2.91. The fraction of sp³-hybridized carbons (Fsp3) is 0.375. The maximum atomic E-state index is 5.43. The van der Waals surface area contributed by atoms with Crippen molar-refractivity contribution >= 4 is 37.1 Å². The molecule has 0 aliphatic heterocycles. The van der Waals surface area contributed by atoms with Crippen LogP contribution in [0.1, 0.15) is 70.4 Å². The summed E-state index contributed by atoms with van der Waals surface area (Å²) >= 11 is -2.51. The van der Waals surface area contributed by atoms with Gasteiger partial charge in [-0.2, -0.15) is 0 Å². The summed E-state index contributed by atoms with van der Waals surface area (Å²) in [5, 5.41) is 1.25. The minimum atomic E-state index is -2.51. The van der Waals surface area contributed by atoms with Gasteiger partial charge in [0.25, 0.3) is 0 Å². The van der Waals surface area contributed by atoms with Crippen molar-refractivity contribution in [3.05, 3.63) is 108 Å². The zero-order valence-electron chi connectivity index (χ0n) is 21.9. The Labute approximate surface area is 221 Å². The van der Waals surface area contributed by atoms with E-state index in [2.05, 4.69) is 121 Å². The van der Waals surface area contributed by atoms with Crippen LogP contribution < -0.4 is 0 Å². The normalized spacial score (nSPS) is 15.2. The van der Waals surface area contributed by atoms with Crippen molar-refractivity contribution in [3.63, 3.8) is 0 Å². The molecule has 0 bridgehead atoms. The van der Waals surface area contributed by atoms with Gasteiger partial charge in [-0.1, -0.05) is 0 Å². The number of allylic oxidation sites excluding steroid dienone is 3. The summed E-state index contributed by atoms with van der Waals surface area (Å²) in [5.41, 5.74) is 4.75. The van der Waals surface area contributed by atoms with Gasteiger partial charge in [-0.3, -0.25) is 0 Å². The molecular weight excluding hydrogens is 549 g/mol. The van der Waals surface area contributed by atoms with E-state index in [1.165, 1.54) is 73.6 Å². The summed E-state index contributed by atoms with van der Waals surface area (Å²) in [4.78, 5) is 5.43. The van der Waals surface area contributed by atoms with Crippen LogP contribution in [-0.4, -0.2) is 22.0 Å². The van der Waals surface area contributed by atoms with E-state index in [9.17, 15) is 0 Å². The minimum absolute atomic E-state index is 1.07. The molecule has 0 heterocycles. The van der Waals surface area contributed by atoms with Gasteiger partial charge in [-0.15, -0.1) is 0 Å². The maximum absolute atomic E-state index is 5.43. The number of hydrogen-bond donors (Lipinski definition) is 0. The molecule has 0 saturated carbocycles. The molecule has 0 atom stereocenters. The predicted octanol–water partition coefficient (Wildman–Crippen LogP) is 10.3. The van der Waals surface area contributed by atoms with Gasteiger partial charge in [0.05, 0.1) is 0 Å². The van der Waals surface area contributed by atoms with E-state index in [0.717, 1.165) is 5.70 Å². The van der Waals surface area contributed by atoms with Gasteiger partial charge in [0.1, 0.15) is 0 Å². The van der Waals surface area contributed by atoms with E-state index in [1.54, 1.807) is 0 Å². The topological polar surface area (TPSA) is 12.4 Å². The fourth-order valence-corrected chi connectivity index (χ4v) is 26.7. The number of rotatable bonds is 13. The zero-order chi connectivity index (χ0) is 24.8. The number of unbranched alkanes of at least 4 members (excludes halogenated alkanes) is 3. The van der Waals surface area contributed by atoms with Crippen LogP contribution in [0.25, 0.3) is 6.08 Å². The monoisotopic (exact) mass is 592 g/mol. The molecule has 2 aromatic carbocycles. The van der Waals surface area contributed by atoms with Crippen LogP contribution in [0.4, 0.5) is 0 Å². The first-order chi connectivity index (χ1) is 17.2. The summed E-state index contributed by atoms with van der Waals surface area (Å²) in [6.07, 6.45) is 18.9. The van der Waals surface area contributed by atoms with Crippen LogP contribution >= 0.6 is 8.95 Å². The molecule has 0 fully saturated rings. The van der Waals surface area contributed by atoms with Crippen LogP contribution in [0, 0.1) is 6.42 Å². The van der Waals surface area contributed by atoms with Crippen molar-refractivity contribution < 1.29 is 0 Å². The average molecular weight is 591 g/mol. The zero-order valence-corrected chi connectivity index (χ0v) is 25.6. The molecule has 0 spiro atoms. The van der Waals surface area contributed by atoms with Gasteiger partial charge < -0.3 is 0 Å². The summed E-state index contributed by atoms with van der Waals surface area (Å²) in [5.74, 6) is 0. The Bertz CT molecular complexity index is 983. The summed E-state index contributed by atoms with van der Waals surface area (Å²) in [7, 11) is 2.27. The van der Waals surface area contributed by atoms with Crippen molar-refractivity contribution in [2.24, 2.45) is 4.99 Å². The Hall–Kier alpha value is -1.65. The molecule has 2 aromatic rings. The van der Waals surface area contributed by atoms with Crippen LogP contribution in [0.3, 0.4) is 0 Å². The Morgan fingerprint density at radius 1 is 0.829 bits per heavy atom. The Balaban J connectivity index is 2.03. The molecule has 0 unspecified atom stereocenters. The third-order valence-corrected chi connectivity index (χ3v) is 27.8. The Kier molecular flexibility index (Phi) is 12.3. The first kappa shape index (κ1) is 27.9. The van der Waals surface area contributed by atoms with E-state index in [4.69, 9.17) is 4.99 Å². The van der Waals surface area contributed by atoms with E-state index < -0.39 is 17.0 Å². The molecule has 186 valence electrons. The van der Waals surface area contributed by atoms with Gasteiger partial charge in [0.2, 0.25) is 0 Å². The van der Waals surface area contributed by atoms with E-state index in [0.29, 0.717) is 0 Å². The van der Waals surface area contributed by atoms with E-state index in [-0.39, 0.29) is 0 Å². The second-order valence-corrected chi connectivity index (χ2v) is 28.7. The third kappa shape index (κ3) is 9.06. The molecule has 0 saturated heterocycles. The van der Waals surface area contributed by atoms with E-state index in [1.807, 2.05) is 0 Å². The van der Waals surface area contributed by atoms with Crippen LogP contribution in [0.15, 0.2) is 95.2 Å². The van der Waals surface area contributed by atoms with Crippen LogP contribution in [-0.2, 0) is 0 Å². The Morgan fingerprint density at radius 3 is 1.97 bits per heavy atom. The van der Waals surface area contributed by atoms with Crippen LogP contribution in [0.5, 0.6) is 0 Å². The van der Waals surface area contributed by atoms with E-state index >= 15 is 0 Å². The first-order valence-corrected chi connectivity index (χ1v) is 23.9. The molecule has 0 aromatic heterocycles. The van der Waals surface area contributed by atoms with Crippen LogP contribution in [0.2, 0.25) is 13.3 Å². The number of aliphatic imine (C=N–C) groups is 1. The summed E-state index contributed by atoms with van der Waals surface area (Å²) in [6.45, 7) is 7.05. The molecule has 35 heavy (non-hydrogen) atoms. The molecule has 3 heteroatoms. The molecule has 0 amide bonds. The number of nitrogens with zero attached hydrogens (tertiary/aromatic N) is 1. The van der Waals surface area contributed by atoms with Crippen molar-refractivity contribution in [1.29, 1.82) is 0 Å². The molecule has 1 aliphatic rings. The van der Waals surface area contributed by atoms with Gasteiger partial charge in [0.15, 0.2) is 0 Å². The van der Waals surface area contributed by atoms with Crippen molar-refractivity contribution in [1.82, 2.24) is 0 Å². The first-order valence-electron chi connectivity index (χ1n) is 13.5. The molecule has 1 aliphatic carbocycles. The van der Waals surface area contributed by atoms with Crippen molar-refractivity contribution in [2.45, 2.75) is 72.6 Å². The molecule has 0 N–H and O–H groups in total. The van der Waals surface area contributed by atoms with Gasteiger partial charge >= 0.3 is 222 Å². The molecule has 3 rings (SSSR count). The number of hydrogen-bond acceptors (Lipinski definition) is 2. The van der Waals surface area contributed by atoms with Crippen molar-refractivity contribution in [2.75, 3.05) is 0 Å². The van der Waals surface area contributed by atoms with Gasteiger partial charge in [-0.25, -0.2) is 0 Å². The second kappa shape index (κ2) is 15.5. The third-order valence-electron chi connectivity index (χ3n) is 6.57. The standard InChI is InChI=1S/C20H16NS.3C4H9.Sn/c22-20(17-11-5-2-6-12-17)21-19-14-8-7-13-18(19)15-16-9-3-1-4-10-16;3*1-3-4-2;/h1-15H,(H,21,22);3*1,3-4H2,2H3;/q-1;;;;+1/p-1/b18-15+;;;;. The Morgan fingerprint density at radius 2 is 1.40 bits per heavy atom. The van der Waals surface area contributed by atoms with Gasteiger partial charge in [0, 0.05) is 0 Å². The summed E-state index contributed by atoms with van der Waals surface area (Å²) in [6, 6.07) is 21.5. The molecule has 0 radical (unpaired) electrons. The van der Waals surface area contributed by atoms with Gasteiger partial charge in [-0.05, 0) is 0 Å².